The Balaban J connectivity index is 2.23. The van der Waals surface area contributed by atoms with Crippen LogP contribution in [0.25, 0.3) is 0 Å². The van der Waals surface area contributed by atoms with Crippen molar-refractivity contribution in [2.45, 2.75) is 32.6 Å². The van der Waals surface area contributed by atoms with Crippen molar-refractivity contribution in [3.05, 3.63) is 56.6 Å². The number of carbonyl (C=O) groups is 1. The van der Waals surface area contributed by atoms with E-state index in [0.29, 0.717) is 61.1 Å². The van der Waals surface area contributed by atoms with Gasteiger partial charge in [0.15, 0.2) is 17.3 Å². The maximum Gasteiger partial charge on any atom is 0.174 e. The number of methoxy groups -OCH3 is 2. The van der Waals surface area contributed by atoms with E-state index in [1.54, 1.807) is 20.3 Å². The Hall–Kier alpha value is -2.51. The van der Waals surface area contributed by atoms with E-state index < -0.39 is 5.92 Å². The second-order valence-electron chi connectivity index (χ2n) is 8.92. The van der Waals surface area contributed by atoms with Crippen LogP contribution in [-0.4, -0.2) is 44.7 Å². The van der Waals surface area contributed by atoms with E-state index in [4.69, 9.17) is 19.9 Å². The molecule has 0 amide bonds. The lowest BCUT2D eigenvalue weighted by Crippen LogP contribution is -2.43. The molecule has 1 aliphatic heterocycles. The molecule has 0 saturated heterocycles. The molecule has 8 heteroatoms. The molecular formula is C25H30IN3O4. The molecule has 33 heavy (non-hydrogen) atoms. The number of nitrogens with zero attached hydrogens (tertiary/aromatic N) is 2. The maximum atomic E-state index is 13.5. The first-order valence-electron chi connectivity index (χ1n) is 10.7. The maximum absolute atomic E-state index is 13.5. The summed E-state index contributed by atoms with van der Waals surface area (Å²) in [6, 6.07) is 6.05. The third-order valence-electron chi connectivity index (χ3n) is 5.94. The monoisotopic (exact) mass is 563 g/mol. The van der Waals surface area contributed by atoms with E-state index in [9.17, 15) is 10.1 Å². The topological polar surface area (TPSA) is 97.8 Å². The van der Waals surface area contributed by atoms with E-state index in [2.05, 4.69) is 49.1 Å². The van der Waals surface area contributed by atoms with Crippen LogP contribution in [0.3, 0.4) is 0 Å². The van der Waals surface area contributed by atoms with Crippen LogP contribution in [0.4, 0.5) is 0 Å². The van der Waals surface area contributed by atoms with Crippen LogP contribution in [0, 0.1) is 20.3 Å². The smallest absolute Gasteiger partial charge is 0.174 e. The number of ether oxygens (including phenoxy) is 3. The molecule has 1 aromatic carbocycles. The summed E-state index contributed by atoms with van der Waals surface area (Å²) >= 11 is 2.18. The molecule has 7 nitrogen and oxygen atoms in total. The molecule has 0 unspecified atom stereocenters. The molecule has 2 N–H and O–H groups in total. The zero-order valence-electron chi connectivity index (χ0n) is 19.5. The number of rotatable bonds is 8. The number of Topliss-reactive ketones (excluding diaryl/α,β-unsaturated/α-hetero) is 1. The van der Waals surface area contributed by atoms with Crippen molar-refractivity contribution < 1.29 is 19.0 Å². The van der Waals surface area contributed by atoms with E-state index >= 15 is 0 Å². The molecule has 1 heterocycles. The first-order valence-corrected chi connectivity index (χ1v) is 11.8. The number of nitrogens with two attached hydrogens (primary N) is 1. The second kappa shape index (κ2) is 10.2. The largest absolute Gasteiger partial charge is 0.493 e. The van der Waals surface area contributed by atoms with Gasteiger partial charge in [-0.05, 0) is 52.1 Å². The molecule has 176 valence electrons. The highest BCUT2D eigenvalue weighted by Crippen LogP contribution is 2.50. The molecule has 1 atom stereocenters. The molecule has 0 bridgehead atoms. The van der Waals surface area contributed by atoms with Crippen molar-refractivity contribution in [1.29, 1.82) is 5.26 Å². The van der Waals surface area contributed by atoms with Gasteiger partial charge in [-0.3, -0.25) is 4.79 Å². The minimum atomic E-state index is -0.566. The number of halogens is 1. The first-order chi connectivity index (χ1) is 15.7. The van der Waals surface area contributed by atoms with Gasteiger partial charge in [0.1, 0.15) is 12.4 Å². The van der Waals surface area contributed by atoms with E-state index in [-0.39, 0.29) is 11.2 Å². The number of ketones is 1. The Labute approximate surface area is 209 Å². The minimum Gasteiger partial charge on any atom is -0.493 e. The van der Waals surface area contributed by atoms with Crippen LogP contribution in [0.5, 0.6) is 11.5 Å². The van der Waals surface area contributed by atoms with Gasteiger partial charge < -0.3 is 24.8 Å². The van der Waals surface area contributed by atoms with E-state index in [1.165, 1.54) is 0 Å². The SMILES string of the molecule is C=CCOc1c(I)cc([C@H]2C(C#N)=C(N)N(CCOC)C3=C2C(=O)CC(C)(C)C3)cc1OC. The number of hydrogen-bond donors (Lipinski definition) is 1. The van der Waals surface area contributed by atoms with Crippen molar-refractivity contribution >= 4 is 28.4 Å². The molecule has 1 aliphatic carbocycles. The van der Waals surface area contributed by atoms with Crippen molar-refractivity contribution in [1.82, 2.24) is 4.90 Å². The standard InChI is InChI=1S/C25H30IN3O4/c1-6-8-33-23-17(26)10-15(11-20(23)32-5)21-16(14-27)24(28)29(7-9-31-4)18-12-25(2,3)13-19(30)22(18)21/h6,10-11,21H,1,7-9,12-13,28H2,2-5H3/t21-/m0/s1. The van der Waals surface area contributed by atoms with Crippen molar-refractivity contribution in [2.75, 3.05) is 34.0 Å². The third kappa shape index (κ3) is 4.89. The number of hydrogen-bond acceptors (Lipinski definition) is 7. The molecule has 0 spiro atoms. The molecular weight excluding hydrogens is 533 g/mol. The van der Waals surface area contributed by atoms with Gasteiger partial charge in [0.2, 0.25) is 0 Å². The molecule has 2 aliphatic rings. The van der Waals surface area contributed by atoms with Gasteiger partial charge in [-0.25, -0.2) is 0 Å². The van der Waals surface area contributed by atoms with Crippen LogP contribution in [0.15, 0.2) is 47.5 Å². The minimum absolute atomic E-state index is 0.0369. The number of carbonyl (C=O) groups excluding carboxylic acids is 1. The highest BCUT2D eigenvalue weighted by atomic mass is 127. The Morgan fingerprint density at radius 3 is 2.70 bits per heavy atom. The molecule has 0 aromatic heterocycles. The van der Waals surface area contributed by atoms with E-state index in [0.717, 1.165) is 14.8 Å². The average Bonchev–Trinajstić information content (AvgIpc) is 2.75. The zero-order chi connectivity index (χ0) is 24.3. The van der Waals surface area contributed by atoms with Crippen molar-refractivity contribution in [3.63, 3.8) is 0 Å². The fraction of sp³-hybridized carbons (Fsp3) is 0.440. The Kier molecular flexibility index (Phi) is 7.75. The fourth-order valence-corrected chi connectivity index (χ4v) is 5.32. The van der Waals surface area contributed by atoms with Crippen molar-refractivity contribution in [3.8, 4) is 17.6 Å². The lowest BCUT2D eigenvalue weighted by Gasteiger charge is -2.43. The van der Waals surface area contributed by atoms with Gasteiger partial charge in [-0.15, -0.1) is 0 Å². The summed E-state index contributed by atoms with van der Waals surface area (Å²) in [5, 5.41) is 10.1. The molecule has 0 radical (unpaired) electrons. The predicted molar refractivity (Wildman–Crippen MR) is 135 cm³/mol. The summed E-state index contributed by atoms with van der Waals surface area (Å²) in [5.41, 5.74) is 8.99. The van der Waals surface area contributed by atoms with Crippen LogP contribution < -0.4 is 15.2 Å². The van der Waals surface area contributed by atoms with Gasteiger partial charge >= 0.3 is 0 Å². The lowest BCUT2D eigenvalue weighted by atomic mass is 9.68. The quantitative estimate of drug-likeness (QED) is 0.373. The third-order valence-corrected chi connectivity index (χ3v) is 6.74. The van der Waals surface area contributed by atoms with Crippen LogP contribution in [0.1, 0.15) is 38.2 Å². The van der Waals surface area contributed by atoms with Crippen LogP contribution in [0.2, 0.25) is 0 Å². The highest BCUT2D eigenvalue weighted by Gasteiger charge is 2.44. The highest BCUT2D eigenvalue weighted by molar-refractivity contribution is 14.1. The molecule has 3 rings (SSSR count). The molecule has 1 aromatic rings. The Morgan fingerprint density at radius 2 is 2.09 bits per heavy atom. The van der Waals surface area contributed by atoms with Gasteiger partial charge in [-0.1, -0.05) is 26.5 Å². The first kappa shape index (κ1) is 25.1. The summed E-state index contributed by atoms with van der Waals surface area (Å²) in [6.07, 6.45) is 2.76. The zero-order valence-corrected chi connectivity index (χ0v) is 21.7. The van der Waals surface area contributed by atoms with Gasteiger partial charge in [0.25, 0.3) is 0 Å². The second-order valence-corrected chi connectivity index (χ2v) is 10.1. The van der Waals surface area contributed by atoms with E-state index in [1.807, 2.05) is 17.0 Å². The number of nitriles is 1. The summed E-state index contributed by atoms with van der Waals surface area (Å²) in [4.78, 5) is 15.4. The average molecular weight is 563 g/mol. The normalized spacial score (nSPS) is 19.8. The molecule has 0 saturated carbocycles. The fourth-order valence-electron chi connectivity index (χ4n) is 4.54. The summed E-state index contributed by atoms with van der Waals surface area (Å²) in [7, 11) is 3.19. The van der Waals surface area contributed by atoms with Crippen LogP contribution >= 0.6 is 22.6 Å². The number of benzene rings is 1. The van der Waals surface area contributed by atoms with Crippen LogP contribution in [-0.2, 0) is 9.53 Å². The summed E-state index contributed by atoms with van der Waals surface area (Å²) in [6.45, 7) is 9.08. The summed E-state index contributed by atoms with van der Waals surface area (Å²) < 4.78 is 17.5. The van der Waals surface area contributed by atoms with Gasteiger partial charge in [0.05, 0.1) is 34.8 Å². The molecule has 0 fully saturated rings. The van der Waals surface area contributed by atoms with Gasteiger partial charge in [-0.2, -0.15) is 5.26 Å². The Morgan fingerprint density at radius 1 is 1.36 bits per heavy atom. The number of allylic oxidation sites excluding steroid dienone is 3. The van der Waals surface area contributed by atoms with Crippen molar-refractivity contribution in [2.24, 2.45) is 11.1 Å². The lowest BCUT2D eigenvalue weighted by molar-refractivity contribution is -0.118. The Bertz CT molecular complexity index is 1070. The predicted octanol–water partition coefficient (Wildman–Crippen LogP) is 4.25. The summed E-state index contributed by atoms with van der Waals surface area (Å²) in [5.74, 6) is 0.963. The van der Waals surface area contributed by atoms with Gasteiger partial charge in [0, 0.05) is 31.3 Å².